The summed E-state index contributed by atoms with van der Waals surface area (Å²) in [6.45, 7) is 1.86. The molecule has 3 aromatic carbocycles. The Kier molecular flexibility index (Phi) is 6.06. The first-order chi connectivity index (χ1) is 15.3. The van der Waals surface area contributed by atoms with Crippen molar-refractivity contribution in [2.45, 2.75) is 6.92 Å². The van der Waals surface area contributed by atoms with Gasteiger partial charge in [-0.1, -0.05) is 90.8 Å². The molecule has 0 aliphatic carbocycles. The smallest absolute Gasteiger partial charge is 0.164 e. The molecule has 4 heteroatoms. The largest absolute Gasteiger partial charge is 0.260 e. The van der Waals surface area contributed by atoms with E-state index in [0.717, 1.165) is 28.0 Å². The van der Waals surface area contributed by atoms with E-state index in [1.807, 2.05) is 91.9 Å². The number of aliphatic imine (C=N–C) groups is 1. The maximum Gasteiger partial charge on any atom is 0.164 e. The quantitative estimate of drug-likeness (QED) is 0.308. The van der Waals surface area contributed by atoms with E-state index >= 15 is 0 Å². The van der Waals surface area contributed by atoms with Gasteiger partial charge in [0.25, 0.3) is 0 Å². The van der Waals surface area contributed by atoms with Gasteiger partial charge in [0.2, 0.25) is 0 Å². The standard InChI is InChI=1S/C27H20N4/c1-3-11-24(28-4-2)20-16-18-23(19-17-20)27-30-25(21-12-7-5-8-13-21)29-26(31-27)22-14-9-6-10-15-22/h1,4-19H,2H3/b24-11-,28-4?. The number of allylic oxidation sites excluding steroid dienone is 1. The van der Waals surface area contributed by atoms with Gasteiger partial charge in [0.15, 0.2) is 17.5 Å². The maximum atomic E-state index is 5.43. The molecule has 0 aliphatic rings. The molecule has 0 unspecified atom stereocenters. The zero-order chi connectivity index (χ0) is 21.5. The molecular formula is C27H20N4. The van der Waals surface area contributed by atoms with Crippen LogP contribution in [0.25, 0.3) is 39.9 Å². The predicted octanol–water partition coefficient (Wildman–Crippen LogP) is 5.94. The SMILES string of the molecule is C#C/C=C(\N=CC)c1ccc(-c2nc(-c3ccccc3)nc(-c3ccccc3)n2)cc1. The first kappa shape index (κ1) is 19.9. The Bertz CT molecular complexity index is 1210. The second kappa shape index (κ2) is 9.43. The molecule has 1 aromatic heterocycles. The van der Waals surface area contributed by atoms with E-state index in [2.05, 4.69) is 10.9 Å². The summed E-state index contributed by atoms with van der Waals surface area (Å²) in [5.41, 5.74) is 4.44. The lowest BCUT2D eigenvalue weighted by Crippen LogP contribution is -2.00. The maximum absolute atomic E-state index is 5.43. The van der Waals surface area contributed by atoms with Gasteiger partial charge in [-0.25, -0.2) is 15.0 Å². The van der Waals surface area contributed by atoms with Crippen LogP contribution >= 0.6 is 0 Å². The van der Waals surface area contributed by atoms with Crippen LogP contribution in [0.5, 0.6) is 0 Å². The third-order valence-electron chi connectivity index (χ3n) is 4.63. The lowest BCUT2D eigenvalue weighted by Gasteiger charge is -2.09. The topological polar surface area (TPSA) is 51.0 Å². The number of aromatic nitrogens is 3. The van der Waals surface area contributed by atoms with Gasteiger partial charge >= 0.3 is 0 Å². The van der Waals surface area contributed by atoms with E-state index in [4.69, 9.17) is 21.4 Å². The summed E-state index contributed by atoms with van der Waals surface area (Å²) in [5.74, 6) is 4.42. The van der Waals surface area contributed by atoms with Crippen LogP contribution in [-0.4, -0.2) is 21.2 Å². The Morgan fingerprint density at radius 1 is 0.710 bits per heavy atom. The molecule has 0 bridgehead atoms. The highest BCUT2D eigenvalue weighted by Gasteiger charge is 2.12. The Hall–Kier alpha value is -4.36. The minimum atomic E-state index is 0.612. The number of hydrogen-bond donors (Lipinski definition) is 0. The van der Waals surface area contributed by atoms with E-state index in [-0.39, 0.29) is 0 Å². The van der Waals surface area contributed by atoms with E-state index in [9.17, 15) is 0 Å². The number of rotatable bonds is 5. The van der Waals surface area contributed by atoms with Crippen molar-refractivity contribution in [3.8, 4) is 46.5 Å². The van der Waals surface area contributed by atoms with Crippen LogP contribution in [0.3, 0.4) is 0 Å². The monoisotopic (exact) mass is 400 g/mol. The highest BCUT2D eigenvalue weighted by Crippen LogP contribution is 2.26. The second-order valence-corrected chi connectivity index (χ2v) is 6.70. The van der Waals surface area contributed by atoms with Crippen molar-refractivity contribution in [2.75, 3.05) is 0 Å². The highest BCUT2D eigenvalue weighted by atomic mass is 15.0. The molecule has 0 saturated carbocycles. The zero-order valence-corrected chi connectivity index (χ0v) is 17.1. The molecule has 0 amide bonds. The first-order valence-electron chi connectivity index (χ1n) is 9.91. The van der Waals surface area contributed by atoms with E-state index < -0.39 is 0 Å². The molecule has 0 spiro atoms. The molecular weight excluding hydrogens is 380 g/mol. The van der Waals surface area contributed by atoms with Gasteiger partial charge < -0.3 is 0 Å². The summed E-state index contributed by atoms with van der Waals surface area (Å²) in [4.78, 5) is 18.6. The first-order valence-corrected chi connectivity index (χ1v) is 9.91. The third kappa shape index (κ3) is 4.63. The van der Waals surface area contributed by atoms with Gasteiger partial charge in [-0.3, -0.25) is 4.99 Å². The molecule has 4 nitrogen and oxygen atoms in total. The number of terminal acetylenes is 1. The van der Waals surface area contributed by atoms with Crippen LogP contribution in [0.1, 0.15) is 12.5 Å². The fraction of sp³-hybridized carbons (Fsp3) is 0.0370. The van der Waals surface area contributed by atoms with Crippen molar-refractivity contribution < 1.29 is 0 Å². The van der Waals surface area contributed by atoms with Crippen LogP contribution in [-0.2, 0) is 0 Å². The molecule has 1 heterocycles. The van der Waals surface area contributed by atoms with Crippen LogP contribution in [0, 0.1) is 12.3 Å². The van der Waals surface area contributed by atoms with Gasteiger partial charge in [-0.05, 0) is 6.92 Å². The summed E-state index contributed by atoms with van der Waals surface area (Å²) in [6, 6.07) is 27.7. The fourth-order valence-electron chi connectivity index (χ4n) is 3.14. The lowest BCUT2D eigenvalue weighted by molar-refractivity contribution is 1.07. The second-order valence-electron chi connectivity index (χ2n) is 6.70. The molecule has 0 atom stereocenters. The Balaban J connectivity index is 1.81. The molecule has 0 fully saturated rings. The van der Waals surface area contributed by atoms with E-state index in [1.165, 1.54) is 0 Å². The van der Waals surface area contributed by atoms with Gasteiger partial charge in [0.05, 0.1) is 5.70 Å². The molecule has 0 saturated heterocycles. The summed E-state index contributed by atoms with van der Waals surface area (Å²) in [5, 5.41) is 0. The van der Waals surface area contributed by atoms with Crippen LogP contribution < -0.4 is 0 Å². The molecule has 0 radical (unpaired) electrons. The Morgan fingerprint density at radius 3 is 1.58 bits per heavy atom. The lowest BCUT2D eigenvalue weighted by atomic mass is 10.1. The normalized spacial score (nSPS) is 11.4. The minimum Gasteiger partial charge on any atom is -0.260 e. The minimum absolute atomic E-state index is 0.612. The average Bonchev–Trinajstić information content (AvgIpc) is 2.85. The van der Waals surface area contributed by atoms with Crippen molar-refractivity contribution >= 4 is 11.9 Å². The van der Waals surface area contributed by atoms with Gasteiger partial charge in [0, 0.05) is 34.5 Å². The van der Waals surface area contributed by atoms with Crippen LogP contribution in [0.4, 0.5) is 0 Å². The molecule has 4 aromatic rings. The van der Waals surface area contributed by atoms with E-state index in [1.54, 1.807) is 12.3 Å². The molecule has 148 valence electrons. The Labute approximate surface area is 182 Å². The van der Waals surface area contributed by atoms with Crippen molar-refractivity contribution in [3.05, 3.63) is 96.6 Å². The molecule has 0 N–H and O–H groups in total. The van der Waals surface area contributed by atoms with Crippen LogP contribution in [0.2, 0.25) is 0 Å². The molecule has 4 rings (SSSR count). The van der Waals surface area contributed by atoms with E-state index in [0.29, 0.717) is 17.5 Å². The molecule has 31 heavy (non-hydrogen) atoms. The van der Waals surface area contributed by atoms with Gasteiger partial charge in [-0.15, -0.1) is 6.42 Å². The summed E-state index contributed by atoms with van der Waals surface area (Å²) < 4.78 is 0. The predicted molar refractivity (Wildman–Crippen MR) is 127 cm³/mol. The number of nitrogens with zero attached hydrogens (tertiary/aromatic N) is 4. The van der Waals surface area contributed by atoms with Gasteiger partial charge in [0.1, 0.15) is 0 Å². The van der Waals surface area contributed by atoms with Crippen molar-refractivity contribution in [1.29, 1.82) is 0 Å². The van der Waals surface area contributed by atoms with Crippen molar-refractivity contribution in [2.24, 2.45) is 4.99 Å². The summed E-state index contributed by atoms with van der Waals surface area (Å²) >= 11 is 0. The Morgan fingerprint density at radius 2 is 1.16 bits per heavy atom. The van der Waals surface area contributed by atoms with Crippen molar-refractivity contribution in [3.63, 3.8) is 0 Å². The zero-order valence-electron chi connectivity index (χ0n) is 17.1. The average molecular weight is 400 g/mol. The summed E-state index contributed by atoms with van der Waals surface area (Å²) in [7, 11) is 0. The fourth-order valence-corrected chi connectivity index (χ4v) is 3.14. The highest BCUT2D eigenvalue weighted by molar-refractivity contribution is 5.76. The number of benzene rings is 3. The van der Waals surface area contributed by atoms with Crippen molar-refractivity contribution in [1.82, 2.24) is 15.0 Å². The number of hydrogen-bond acceptors (Lipinski definition) is 4. The third-order valence-corrected chi connectivity index (χ3v) is 4.63. The van der Waals surface area contributed by atoms with Crippen LogP contribution in [0.15, 0.2) is 96.0 Å². The molecule has 0 aliphatic heterocycles. The van der Waals surface area contributed by atoms with Gasteiger partial charge in [-0.2, -0.15) is 0 Å². The summed E-state index contributed by atoms with van der Waals surface area (Å²) in [6.07, 6.45) is 8.81.